The average molecular weight is 255 g/mol. The first-order valence-electron chi connectivity index (χ1n) is 5.58. The highest BCUT2D eigenvalue weighted by Gasteiger charge is 2.34. The van der Waals surface area contributed by atoms with Gasteiger partial charge in [0.05, 0.1) is 5.88 Å². The zero-order valence-corrected chi connectivity index (χ0v) is 11.4. The summed E-state index contributed by atoms with van der Waals surface area (Å²) >= 11 is 1.71. The van der Waals surface area contributed by atoms with Crippen molar-refractivity contribution in [1.29, 1.82) is 0 Å². The minimum absolute atomic E-state index is 0.0514. The van der Waals surface area contributed by atoms with Gasteiger partial charge in [-0.25, -0.2) is 0 Å². The minimum Gasteiger partial charge on any atom is -0.337 e. The fourth-order valence-electron chi connectivity index (χ4n) is 1.63. The zero-order chi connectivity index (χ0) is 12.6. The number of carbonyl (C=O) groups is 1. The highest BCUT2D eigenvalue weighted by molar-refractivity contribution is 7.99. The van der Waals surface area contributed by atoms with Crippen LogP contribution in [0.5, 0.6) is 0 Å². The molecule has 5 nitrogen and oxygen atoms in total. The second-order valence-corrected chi connectivity index (χ2v) is 6.21. The Hall–Kier alpha value is -1.04. The quantitative estimate of drug-likeness (QED) is 0.767. The third-order valence-electron chi connectivity index (χ3n) is 2.68. The van der Waals surface area contributed by atoms with Gasteiger partial charge in [0.15, 0.2) is 5.82 Å². The molecule has 1 amide bonds. The van der Waals surface area contributed by atoms with Crippen molar-refractivity contribution in [2.45, 2.75) is 39.2 Å². The van der Waals surface area contributed by atoms with E-state index in [2.05, 4.69) is 10.1 Å². The molecule has 6 heteroatoms. The third kappa shape index (κ3) is 2.46. The molecule has 1 unspecified atom stereocenters. The van der Waals surface area contributed by atoms with E-state index in [-0.39, 0.29) is 17.4 Å². The van der Waals surface area contributed by atoms with Crippen molar-refractivity contribution in [3.05, 3.63) is 11.7 Å². The van der Waals surface area contributed by atoms with Crippen LogP contribution in [0.4, 0.5) is 0 Å². The molecule has 1 aliphatic heterocycles. The van der Waals surface area contributed by atoms with Crippen LogP contribution in [0.15, 0.2) is 4.52 Å². The van der Waals surface area contributed by atoms with Gasteiger partial charge >= 0.3 is 0 Å². The normalized spacial score (nSPS) is 20.9. The van der Waals surface area contributed by atoms with Gasteiger partial charge in [-0.15, -0.1) is 11.8 Å². The molecule has 0 aromatic carbocycles. The van der Waals surface area contributed by atoms with Gasteiger partial charge in [-0.05, 0) is 0 Å². The summed E-state index contributed by atoms with van der Waals surface area (Å²) in [7, 11) is 0. The van der Waals surface area contributed by atoms with E-state index in [1.807, 2.05) is 20.8 Å². The molecule has 0 saturated carbocycles. The van der Waals surface area contributed by atoms with E-state index >= 15 is 0 Å². The molecule has 0 radical (unpaired) electrons. The summed E-state index contributed by atoms with van der Waals surface area (Å²) in [6, 6.07) is -0.0684. The third-order valence-corrected chi connectivity index (χ3v) is 3.70. The Balaban J connectivity index is 2.23. The topological polar surface area (TPSA) is 59.2 Å². The SMILES string of the molecule is CC(=O)N1CSCC1c1nc(C(C)(C)C)no1. The van der Waals surface area contributed by atoms with Gasteiger partial charge in [0.1, 0.15) is 6.04 Å². The van der Waals surface area contributed by atoms with Crippen molar-refractivity contribution >= 4 is 17.7 Å². The molecule has 1 fully saturated rings. The molecular weight excluding hydrogens is 238 g/mol. The van der Waals surface area contributed by atoms with Gasteiger partial charge in [0.25, 0.3) is 0 Å². The van der Waals surface area contributed by atoms with E-state index < -0.39 is 0 Å². The number of hydrogen-bond donors (Lipinski definition) is 0. The Morgan fingerprint density at radius 2 is 2.24 bits per heavy atom. The first-order valence-corrected chi connectivity index (χ1v) is 6.74. The Morgan fingerprint density at radius 3 is 2.76 bits per heavy atom. The molecule has 17 heavy (non-hydrogen) atoms. The fraction of sp³-hybridized carbons (Fsp3) is 0.727. The summed E-state index contributed by atoms with van der Waals surface area (Å²) in [5.41, 5.74) is -0.130. The summed E-state index contributed by atoms with van der Waals surface area (Å²) in [4.78, 5) is 17.6. The van der Waals surface area contributed by atoms with E-state index in [1.165, 1.54) is 0 Å². The molecule has 1 aromatic heterocycles. The molecule has 0 aliphatic carbocycles. The number of nitrogens with zero attached hydrogens (tertiary/aromatic N) is 3. The second-order valence-electron chi connectivity index (χ2n) is 5.21. The lowest BCUT2D eigenvalue weighted by atomic mass is 9.96. The van der Waals surface area contributed by atoms with Crippen molar-refractivity contribution in [3.63, 3.8) is 0 Å². The molecule has 0 bridgehead atoms. The molecule has 94 valence electrons. The molecule has 1 atom stereocenters. The van der Waals surface area contributed by atoms with E-state index in [1.54, 1.807) is 23.6 Å². The first-order chi connectivity index (χ1) is 7.89. The molecular formula is C11H17N3O2S. The molecule has 2 rings (SSSR count). The summed E-state index contributed by atoms with van der Waals surface area (Å²) < 4.78 is 5.29. The number of amides is 1. The van der Waals surface area contributed by atoms with Crippen molar-refractivity contribution in [2.75, 3.05) is 11.6 Å². The Bertz CT molecular complexity index is 425. The second kappa shape index (κ2) is 4.33. The standard InChI is InChI=1S/C11H17N3O2S/c1-7(15)14-6-17-5-8(14)9-12-10(13-16-9)11(2,3)4/h8H,5-6H2,1-4H3. The average Bonchev–Trinajstić information content (AvgIpc) is 2.85. The van der Waals surface area contributed by atoms with Crippen LogP contribution < -0.4 is 0 Å². The number of hydrogen-bond acceptors (Lipinski definition) is 5. The lowest BCUT2D eigenvalue weighted by Crippen LogP contribution is -2.29. The summed E-state index contributed by atoms with van der Waals surface area (Å²) in [5.74, 6) is 2.82. The Labute approximate surface area is 105 Å². The van der Waals surface area contributed by atoms with Crippen molar-refractivity contribution in [3.8, 4) is 0 Å². The number of rotatable bonds is 1. The van der Waals surface area contributed by atoms with Crippen LogP contribution in [0, 0.1) is 0 Å². The van der Waals surface area contributed by atoms with Crippen molar-refractivity contribution in [2.24, 2.45) is 0 Å². The molecule has 2 heterocycles. The van der Waals surface area contributed by atoms with Gasteiger partial charge in [-0.3, -0.25) is 4.79 Å². The predicted octanol–water partition coefficient (Wildman–Crippen LogP) is 1.96. The van der Waals surface area contributed by atoms with Crippen LogP contribution >= 0.6 is 11.8 Å². The van der Waals surface area contributed by atoms with E-state index in [4.69, 9.17) is 4.52 Å². The molecule has 0 N–H and O–H groups in total. The fourth-order valence-corrected chi connectivity index (χ4v) is 2.84. The molecule has 1 aromatic rings. The maximum absolute atomic E-state index is 11.5. The maximum atomic E-state index is 11.5. The number of thioether (sulfide) groups is 1. The van der Waals surface area contributed by atoms with Crippen LogP contribution in [0.25, 0.3) is 0 Å². The molecule has 1 aliphatic rings. The van der Waals surface area contributed by atoms with Crippen molar-refractivity contribution in [1.82, 2.24) is 15.0 Å². The summed E-state index contributed by atoms with van der Waals surface area (Å²) in [6.07, 6.45) is 0. The van der Waals surface area contributed by atoms with Gasteiger partial charge in [0, 0.05) is 18.1 Å². The maximum Gasteiger partial charge on any atom is 0.250 e. The van der Waals surface area contributed by atoms with Gasteiger partial charge in [-0.2, -0.15) is 4.98 Å². The van der Waals surface area contributed by atoms with E-state index in [0.29, 0.717) is 17.6 Å². The van der Waals surface area contributed by atoms with E-state index in [9.17, 15) is 4.79 Å². The first kappa shape index (κ1) is 12.4. The highest BCUT2D eigenvalue weighted by Crippen LogP contribution is 2.33. The van der Waals surface area contributed by atoms with Crippen LogP contribution in [0.2, 0.25) is 0 Å². The van der Waals surface area contributed by atoms with Gasteiger partial charge < -0.3 is 9.42 Å². The Kier molecular flexibility index (Phi) is 3.16. The van der Waals surface area contributed by atoms with E-state index in [0.717, 1.165) is 5.75 Å². The van der Waals surface area contributed by atoms with Crippen LogP contribution in [0.3, 0.4) is 0 Å². The molecule has 0 spiro atoms. The summed E-state index contributed by atoms with van der Waals surface area (Å²) in [5, 5.41) is 3.99. The van der Waals surface area contributed by atoms with Crippen molar-refractivity contribution < 1.29 is 9.32 Å². The highest BCUT2D eigenvalue weighted by atomic mass is 32.2. The predicted molar refractivity (Wildman–Crippen MR) is 65.6 cm³/mol. The zero-order valence-electron chi connectivity index (χ0n) is 10.6. The van der Waals surface area contributed by atoms with Gasteiger partial charge in [0.2, 0.25) is 11.8 Å². The smallest absolute Gasteiger partial charge is 0.250 e. The Morgan fingerprint density at radius 1 is 1.53 bits per heavy atom. The molecule has 1 saturated heterocycles. The lowest BCUT2D eigenvalue weighted by Gasteiger charge is -2.18. The number of aromatic nitrogens is 2. The monoisotopic (exact) mass is 255 g/mol. The largest absolute Gasteiger partial charge is 0.337 e. The minimum atomic E-state index is -0.130. The summed E-state index contributed by atoms with van der Waals surface area (Å²) in [6.45, 7) is 7.68. The van der Waals surface area contributed by atoms with Crippen LogP contribution in [0.1, 0.15) is 45.5 Å². The lowest BCUT2D eigenvalue weighted by molar-refractivity contribution is -0.129. The van der Waals surface area contributed by atoms with Gasteiger partial charge in [-0.1, -0.05) is 25.9 Å². The number of carbonyl (C=O) groups excluding carboxylic acids is 1. The van der Waals surface area contributed by atoms with Crippen LogP contribution in [-0.2, 0) is 10.2 Å². The van der Waals surface area contributed by atoms with Crippen LogP contribution in [-0.4, -0.2) is 32.6 Å².